The van der Waals surface area contributed by atoms with E-state index < -0.39 is 0 Å². The van der Waals surface area contributed by atoms with Gasteiger partial charge in [-0.25, -0.2) is 4.39 Å². The van der Waals surface area contributed by atoms with E-state index in [1.807, 2.05) is 0 Å². The number of hydrogen-bond acceptors (Lipinski definition) is 4. The molecule has 1 heterocycles. The summed E-state index contributed by atoms with van der Waals surface area (Å²) in [5.41, 5.74) is 0.393. The van der Waals surface area contributed by atoms with Gasteiger partial charge in [-0.3, -0.25) is 10.1 Å². The van der Waals surface area contributed by atoms with Crippen molar-refractivity contribution in [3.8, 4) is 0 Å². The number of nitrogens with one attached hydrogen (secondary N) is 1. The number of hydrogen-bond donors (Lipinski definition) is 1. The molecule has 0 aliphatic carbocycles. The van der Waals surface area contributed by atoms with Crippen molar-refractivity contribution in [3.63, 3.8) is 0 Å². The lowest BCUT2D eigenvalue weighted by molar-refractivity contribution is 0.102. The van der Waals surface area contributed by atoms with Crippen LogP contribution in [-0.2, 0) is 0 Å². The van der Waals surface area contributed by atoms with Gasteiger partial charge in [-0.15, -0.1) is 10.2 Å². The van der Waals surface area contributed by atoms with Gasteiger partial charge in [-0.1, -0.05) is 31.6 Å². The lowest BCUT2D eigenvalue weighted by Gasteiger charge is -2.03. The smallest absolute Gasteiger partial charge is 0.257 e. The fourth-order valence-corrected chi connectivity index (χ4v) is 2.64. The third-order valence-corrected chi connectivity index (χ3v) is 3.98. The highest BCUT2D eigenvalue weighted by atomic mass is 32.1. The van der Waals surface area contributed by atoms with Gasteiger partial charge in [-0.05, 0) is 30.7 Å². The summed E-state index contributed by atoms with van der Waals surface area (Å²) in [5, 5.41) is 12.1. The first-order valence-electron chi connectivity index (χ1n) is 6.50. The molecule has 0 spiro atoms. The van der Waals surface area contributed by atoms with Gasteiger partial charge in [0.2, 0.25) is 5.13 Å². The molecule has 0 saturated carbocycles. The summed E-state index contributed by atoms with van der Waals surface area (Å²) in [4.78, 5) is 11.9. The van der Waals surface area contributed by atoms with Crippen molar-refractivity contribution in [2.75, 3.05) is 5.32 Å². The summed E-state index contributed by atoms with van der Waals surface area (Å²) in [6.45, 7) is 4.21. The Morgan fingerprint density at radius 3 is 2.70 bits per heavy atom. The van der Waals surface area contributed by atoms with Crippen LogP contribution in [0.5, 0.6) is 0 Å². The van der Waals surface area contributed by atoms with Crippen LogP contribution in [0, 0.1) is 5.82 Å². The number of benzene rings is 1. The second kappa shape index (κ2) is 6.56. The van der Waals surface area contributed by atoms with Crippen LogP contribution in [0.1, 0.15) is 48.0 Å². The molecule has 4 nitrogen and oxygen atoms in total. The number of carbonyl (C=O) groups excluding carboxylic acids is 1. The maximum absolute atomic E-state index is 12.8. The molecule has 0 aliphatic rings. The Morgan fingerprint density at radius 1 is 1.35 bits per heavy atom. The molecule has 1 aromatic carbocycles. The van der Waals surface area contributed by atoms with Crippen LogP contribution in [0.4, 0.5) is 9.52 Å². The third kappa shape index (κ3) is 3.60. The molecule has 0 aliphatic heterocycles. The van der Waals surface area contributed by atoms with Crippen molar-refractivity contribution in [1.82, 2.24) is 10.2 Å². The number of nitrogens with zero attached hydrogens (tertiary/aromatic N) is 2. The molecular weight excluding hydrogens is 277 g/mol. The SMILES string of the molecule is CCC[C@H](C)c1nnc(NC(=O)c2ccc(F)cc2)s1. The molecule has 0 fully saturated rings. The topological polar surface area (TPSA) is 54.9 Å². The van der Waals surface area contributed by atoms with Gasteiger partial charge in [0.15, 0.2) is 0 Å². The predicted octanol–water partition coefficient (Wildman–Crippen LogP) is 3.83. The quantitative estimate of drug-likeness (QED) is 0.911. The Bertz CT molecular complexity index is 582. The highest BCUT2D eigenvalue weighted by molar-refractivity contribution is 7.15. The zero-order chi connectivity index (χ0) is 14.5. The average Bonchev–Trinajstić information content (AvgIpc) is 2.88. The minimum absolute atomic E-state index is 0.309. The zero-order valence-corrected chi connectivity index (χ0v) is 12.2. The summed E-state index contributed by atoms with van der Waals surface area (Å²) in [6.07, 6.45) is 2.12. The maximum Gasteiger partial charge on any atom is 0.257 e. The first-order chi connectivity index (χ1) is 9.60. The summed E-state index contributed by atoms with van der Waals surface area (Å²) >= 11 is 1.38. The minimum Gasteiger partial charge on any atom is -0.296 e. The Hall–Kier alpha value is -1.82. The monoisotopic (exact) mass is 293 g/mol. The van der Waals surface area contributed by atoms with Gasteiger partial charge >= 0.3 is 0 Å². The Kier molecular flexibility index (Phi) is 4.79. The molecule has 2 aromatic rings. The minimum atomic E-state index is -0.367. The molecular formula is C14H16FN3OS. The lowest BCUT2D eigenvalue weighted by atomic mass is 10.1. The molecule has 1 N–H and O–H groups in total. The van der Waals surface area contributed by atoms with Gasteiger partial charge in [0.1, 0.15) is 10.8 Å². The Labute approximate surface area is 121 Å². The van der Waals surface area contributed by atoms with E-state index in [9.17, 15) is 9.18 Å². The Balaban J connectivity index is 2.03. The van der Waals surface area contributed by atoms with E-state index in [0.29, 0.717) is 16.6 Å². The zero-order valence-electron chi connectivity index (χ0n) is 11.4. The third-order valence-electron chi connectivity index (χ3n) is 2.91. The largest absolute Gasteiger partial charge is 0.296 e. The fourth-order valence-electron chi connectivity index (χ4n) is 1.81. The van der Waals surface area contributed by atoms with Crippen LogP contribution in [0.3, 0.4) is 0 Å². The lowest BCUT2D eigenvalue weighted by Crippen LogP contribution is -2.11. The molecule has 6 heteroatoms. The molecule has 106 valence electrons. The highest BCUT2D eigenvalue weighted by Crippen LogP contribution is 2.26. The standard InChI is InChI=1S/C14H16FN3OS/c1-3-4-9(2)13-17-18-14(20-13)16-12(19)10-5-7-11(15)8-6-10/h5-9H,3-4H2,1-2H3,(H,16,18,19)/t9-/m0/s1. The number of halogens is 1. The summed E-state index contributed by atoms with van der Waals surface area (Å²) in [7, 11) is 0. The molecule has 1 atom stereocenters. The van der Waals surface area contributed by atoms with Gasteiger partial charge < -0.3 is 0 Å². The van der Waals surface area contributed by atoms with Crippen molar-refractivity contribution in [1.29, 1.82) is 0 Å². The fraction of sp³-hybridized carbons (Fsp3) is 0.357. The second-order valence-corrected chi connectivity index (χ2v) is 5.61. The first kappa shape index (κ1) is 14.6. The van der Waals surface area contributed by atoms with Crippen LogP contribution >= 0.6 is 11.3 Å². The number of amides is 1. The highest BCUT2D eigenvalue weighted by Gasteiger charge is 2.13. The van der Waals surface area contributed by atoms with Crippen molar-refractivity contribution < 1.29 is 9.18 Å². The van der Waals surface area contributed by atoms with E-state index in [2.05, 4.69) is 29.4 Å². The second-order valence-electron chi connectivity index (χ2n) is 4.60. The number of rotatable bonds is 5. The van der Waals surface area contributed by atoms with Crippen LogP contribution < -0.4 is 5.32 Å². The van der Waals surface area contributed by atoms with Crippen molar-refractivity contribution >= 4 is 22.4 Å². The molecule has 0 unspecified atom stereocenters. The van der Waals surface area contributed by atoms with E-state index in [1.165, 1.54) is 35.6 Å². The van der Waals surface area contributed by atoms with Crippen LogP contribution in [0.25, 0.3) is 0 Å². The molecule has 1 amide bonds. The normalized spacial score (nSPS) is 12.2. The molecule has 0 saturated heterocycles. The summed E-state index contributed by atoms with van der Waals surface area (Å²) < 4.78 is 12.8. The summed E-state index contributed by atoms with van der Waals surface area (Å²) in [6, 6.07) is 5.38. The van der Waals surface area contributed by atoms with Gasteiger partial charge in [0, 0.05) is 11.5 Å². The van der Waals surface area contributed by atoms with Crippen LogP contribution in [0.2, 0.25) is 0 Å². The molecule has 0 radical (unpaired) electrons. The number of aromatic nitrogens is 2. The van der Waals surface area contributed by atoms with Crippen LogP contribution in [-0.4, -0.2) is 16.1 Å². The van der Waals surface area contributed by atoms with Gasteiger partial charge in [0.05, 0.1) is 0 Å². The molecule has 2 rings (SSSR count). The van der Waals surface area contributed by atoms with E-state index in [4.69, 9.17) is 0 Å². The van der Waals surface area contributed by atoms with E-state index in [0.717, 1.165) is 17.8 Å². The molecule has 0 bridgehead atoms. The predicted molar refractivity (Wildman–Crippen MR) is 77.6 cm³/mol. The number of anilines is 1. The Morgan fingerprint density at radius 2 is 2.05 bits per heavy atom. The van der Waals surface area contributed by atoms with Crippen LogP contribution in [0.15, 0.2) is 24.3 Å². The maximum atomic E-state index is 12.8. The van der Waals surface area contributed by atoms with E-state index in [1.54, 1.807) is 0 Å². The van der Waals surface area contributed by atoms with E-state index in [-0.39, 0.29) is 11.7 Å². The van der Waals surface area contributed by atoms with Gasteiger partial charge in [0.25, 0.3) is 5.91 Å². The average molecular weight is 293 g/mol. The molecule has 20 heavy (non-hydrogen) atoms. The van der Waals surface area contributed by atoms with Crippen molar-refractivity contribution in [2.24, 2.45) is 0 Å². The molecule has 1 aromatic heterocycles. The first-order valence-corrected chi connectivity index (χ1v) is 7.32. The van der Waals surface area contributed by atoms with Crippen molar-refractivity contribution in [3.05, 3.63) is 40.7 Å². The van der Waals surface area contributed by atoms with Crippen molar-refractivity contribution in [2.45, 2.75) is 32.6 Å². The summed E-state index contributed by atoms with van der Waals surface area (Å²) in [5.74, 6) is -0.335. The number of carbonyl (C=O) groups is 1. The van der Waals surface area contributed by atoms with E-state index >= 15 is 0 Å². The van der Waals surface area contributed by atoms with Gasteiger partial charge in [-0.2, -0.15) is 0 Å².